The van der Waals surface area contributed by atoms with E-state index in [-0.39, 0.29) is 6.10 Å². The van der Waals surface area contributed by atoms with Crippen LogP contribution in [0, 0.1) is 0 Å². The van der Waals surface area contributed by atoms with Crippen LogP contribution in [0.15, 0.2) is 65.0 Å². The van der Waals surface area contributed by atoms with E-state index in [0.29, 0.717) is 0 Å². The first-order valence-electron chi connectivity index (χ1n) is 8.46. The molecule has 1 atom stereocenters. The summed E-state index contributed by atoms with van der Waals surface area (Å²) in [4.78, 5) is 5.81. The topological polar surface area (TPSA) is 26.5 Å². The lowest BCUT2D eigenvalue weighted by molar-refractivity contribution is 0.0968. The molecule has 0 bridgehead atoms. The molecule has 5 heteroatoms. The molecule has 3 nitrogen and oxygen atoms in total. The van der Waals surface area contributed by atoms with Gasteiger partial charge in [-0.05, 0) is 31.0 Å². The van der Waals surface area contributed by atoms with Crippen LogP contribution >= 0.6 is 22.9 Å². The second-order valence-corrected chi connectivity index (χ2v) is 7.32. The van der Waals surface area contributed by atoms with Crippen LogP contribution in [0.1, 0.15) is 12.8 Å². The molecule has 0 spiro atoms. The SMILES string of the molecule is Clc1ccccc1-c1csc(=Nc2ccccc2)n1CC1CCCO1. The van der Waals surface area contributed by atoms with E-state index in [1.807, 2.05) is 48.5 Å². The van der Waals surface area contributed by atoms with Gasteiger partial charge in [0.15, 0.2) is 4.80 Å². The van der Waals surface area contributed by atoms with Crippen molar-refractivity contribution < 1.29 is 4.74 Å². The van der Waals surface area contributed by atoms with Gasteiger partial charge in [0.05, 0.1) is 24.0 Å². The van der Waals surface area contributed by atoms with Gasteiger partial charge in [-0.25, -0.2) is 4.99 Å². The summed E-state index contributed by atoms with van der Waals surface area (Å²) in [5, 5.41) is 2.89. The molecule has 2 aromatic carbocycles. The van der Waals surface area contributed by atoms with Crippen molar-refractivity contribution in [2.24, 2.45) is 4.99 Å². The second-order valence-electron chi connectivity index (χ2n) is 6.08. The highest BCUT2D eigenvalue weighted by atomic mass is 35.5. The Morgan fingerprint density at radius 1 is 1.12 bits per heavy atom. The van der Waals surface area contributed by atoms with Gasteiger partial charge in [0, 0.05) is 22.6 Å². The zero-order chi connectivity index (χ0) is 17.1. The molecule has 128 valence electrons. The monoisotopic (exact) mass is 370 g/mol. The fourth-order valence-corrected chi connectivity index (χ4v) is 4.25. The molecule has 2 heterocycles. The summed E-state index contributed by atoms with van der Waals surface area (Å²) in [5.74, 6) is 0. The molecule has 1 unspecified atom stereocenters. The summed E-state index contributed by atoms with van der Waals surface area (Å²) in [7, 11) is 0. The highest BCUT2D eigenvalue weighted by Gasteiger charge is 2.19. The Hall–Kier alpha value is -1.88. The summed E-state index contributed by atoms with van der Waals surface area (Å²) < 4.78 is 8.11. The minimum Gasteiger partial charge on any atom is -0.376 e. The molecule has 4 rings (SSSR count). The van der Waals surface area contributed by atoms with Crippen molar-refractivity contribution >= 4 is 28.6 Å². The minimum atomic E-state index is 0.241. The number of thiazole rings is 1. The molecule has 1 saturated heterocycles. The molecular weight excluding hydrogens is 352 g/mol. The molecule has 1 fully saturated rings. The third kappa shape index (κ3) is 3.71. The Kier molecular flexibility index (Phi) is 5.02. The number of ether oxygens (including phenoxy) is 1. The molecule has 3 aromatic rings. The highest BCUT2D eigenvalue weighted by molar-refractivity contribution is 7.07. The Bertz CT molecular complexity index is 911. The maximum Gasteiger partial charge on any atom is 0.190 e. The Morgan fingerprint density at radius 3 is 2.68 bits per heavy atom. The van der Waals surface area contributed by atoms with Crippen LogP contribution in [0.3, 0.4) is 0 Å². The average molecular weight is 371 g/mol. The predicted octanol–water partition coefficient (Wildman–Crippen LogP) is 5.28. The van der Waals surface area contributed by atoms with Gasteiger partial charge < -0.3 is 9.30 Å². The normalized spacial score (nSPS) is 18.0. The number of hydrogen-bond acceptors (Lipinski definition) is 3. The predicted molar refractivity (Wildman–Crippen MR) is 103 cm³/mol. The van der Waals surface area contributed by atoms with Crippen molar-refractivity contribution in [1.29, 1.82) is 0 Å². The van der Waals surface area contributed by atoms with E-state index in [1.54, 1.807) is 11.3 Å². The third-order valence-corrected chi connectivity index (χ3v) is 5.53. The molecule has 0 saturated carbocycles. The second kappa shape index (κ2) is 7.56. The Balaban J connectivity index is 1.82. The highest BCUT2D eigenvalue weighted by Crippen LogP contribution is 2.29. The minimum absolute atomic E-state index is 0.241. The number of halogens is 1. The summed E-state index contributed by atoms with van der Waals surface area (Å²) in [5.41, 5.74) is 3.09. The van der Waals surface area contributed by atoms with Gasteiger partial charge in [0.25, 0.3) is 0 Å². The average Bonchev–Trinajstić information content (AvgIpc) is 3.28. The summed E-state index contributed by atoms with van der Waals surface area (Å²) in [6.07, 6.45) is 2.46. The van der Waals surface area contributed by atoms with E-state index in [2.05, 4.69) is 16.0 Å². The number of aromatic nitrogens is 1. The summed E-state index contributed by atoms with van der Waals surface area (Å²) >= 11 is 8.09. The number of para-hydroxylation sites is 1. The lowest BCUT2D eigenvalue weighted by Crippen LogP contribution is -2.24. The van der Waals surface area contributed by atoms with Crippen LogP contribution in [-0.2, 0) is 11.3 Å². The van der Waals surface area contributed by atoms with Crippen molar-refractivity contribution in [2.45, 2.75) is 25.5 Å². The first-order valence-corrected chi connectivity index (χ1v) is 9.71. The molecule has 1 aliphatic rings. The first-order chi connectivity index (χ1) is 12.3. The van der Waals surface area contributed by atoms with E-state index >= 15 is 0 Å². The smallest absolute Gasteiger partial charge is 0.190 e. The fourth-order valence-electron chi connectivity index (χ4n) is 3.08. The van der Waals surface area contributed by atoms with Gasteiger partial charge in [-0.15, -0.1) is 11.3 Å². The molecule has 0 amide bonds. The number of hydrogen-bond donors (Lipinski definition) is 0. The largest absolute Gasteiger partial charge is 0.376 e. The quantitative estimate of drug-likeness (QED) is 0.613. The standard InChI is InChI=1S/C20H19ClN2OS/c21-18-11-5-4-10-17(18)19-14-25-20(22-15-7-2-1-3-8-15)23(19)13-16-9-6-12-24-16/h1-5,7-8,10-11,14,16H,6,9,12-13H2. The van der Waals surface area contributed by atoms with Crippen molar-refractivity contribution in [1.82, 2.24) is 4.57 Å². The lowest BCUT2D eigenvalue weighted by Gasteiger charge is -2.14. The number of nitrogens with zero attached hydrogens (tertiary/aromatic N) is 2. The molecule has 0 aliphatic carbocycles. The number of benzene rings is 2. The maximum absolute atomic E-state index is 6.45. The lowest BCUT2D eigenvalue weighted by atomic mass is 10.1. The molecule has 25 heavy (non-hydrogen) atoms. The molecular formula is C20H19ClN2OS. The Morgan fingerprint density at radius 2 is 1.92 bits per heavy atom. The van der Waals surface area contributed by atoms with E-state index in [1.165, 1.54) is 0 Å². The van der Waals surface area contributed by atoms with E-state index in [9.17, 15) is 0 Å². The summed E-state index contributed by atoms with van der Waals surface area (Å²) in [6, 6.07) is 18.0. The first kappa shape index (κ1) is 16.6. The van der Waals surface area contributed by atoms with Gasteiger partial charge in [-0.1, -0.05) is 48.0 Å². The number of rotatable bonds is 4. The third-order valence-electron chi connectivity index (χ3n) is 4.34. The van der Waals surface area contributed by atoms with Crippen LogP contribution in [0.5, 0.6) is 0 Å². The maximum atomic E-state index is 6.45. The van der Waals surface area contributed by atoms with Crippen LogP contribution in [0.25, 0.3) is 11.3 Å². The van der Waals surface area contributed by atoms with Crippen molar-refractivity contribution in [3.8, 4) is 11.3 Å². The van der Waals surface area contributed by atoms with Crippen LogP contribution in [0.2, 0.25) is 5.02 Å². The van der Waals surface area contributed by atoms with Gasteiger partial charge in [0.2, 0.25) is 0 Å². The zero-order valence-corrected chi connectivity index (χ0v) is 15.3. The van der Waals surface area contributed by atoms with Crippen molar-refractivity contribution in [3.05, 3.63) is 69.8 Å². The van der Waals surface area contributed by atoms with Crippen LogP contribution < -0.4 is 4.80 Å². The molecule has 0 radical (unpaired) electrons. The molecule has 0 N–H and O–H groups in total. The van der Waals surface area contributed by atoms with Crippen LogP contribution in [-0.4, -0.2) is 17.3 Å². The molecule has 1 aliphatic heterocycles. The van der Waals surface area contributed by atoms with Gasteiger partial charge in [0.1, 0.15) is 0 Å². The van der Waals surface area contributed by atoms with E-state index in [4.69, 9.17) is 21.3 Å². The van der Waals surface area contributed by atoms with Crippen molar-refractivity contribution in [3.63, 3.8) is 0 Å². The van der Waals surface area contributed by atoms with Gasteiger partial charge in [-0.2, -0.15) is 0 Å². The van der Waals surface area contributed by atoms with Gasteiger partial charge in [-0.3, -0.25) is 0 Å². The summed E-state index contributed by atoms with van der Waals surface area (Å²) in [6.45, 7) is 1.65. The van der Waals surface area contributed by atoms with Gasteiger partial charge >= 0.3 is 0 Å². The van der Waals surface area contributed by atoms with Crippen LogP contribution in [0.4, 0.5) is 5.69 Å². The Labute approximate surface area is 156 Å². The van der Waals surface area contributed by atoms with E-state index < -0.39 is 0 Å². The fraction of sp³-hybridized carbons (Fsp3) is 0.250. The van der Waals surface area contributed by atoms with Crippen molar-refractivity contribution in [2.75, 3.05) is 6.61 Å². The van der Waals surface area contributed by atoms with E-state index in [0.717, 1.165) is 52.8 Å². The molecule has 1 aromatic heterocycles. The zero-order valence-electron chi connectivity index (χ0n) is 13.8.